The minimum absolute atomic E-state index is 0.352. The van der Waals surface area contributed by atoms with Crippen molar-refractivity contribution in [3.63, 3.8) is 0 Å². The van der Waals surface area contributed by atoms with Crippen LogP contribution in [0.4, 0.5) is 5.69 Å². The molecule has 2 aromatic rings. The number of hydrogen-bond donors (Lipinski definition) is 1. The minimum Gasteiger partial charge on any atom is -0.477 e. The van der Waals surface area contributed by atoms with Crippen molar-refractivity contribution in [3.8, 4) is 0 Å². The van der Waals surface area contributed by atoms with Crippen molar-refractivity contribution in [1.82, 2.24) is 4.98 Å². The Morgan fingerprint density at radius 1 is 1.45 bits per heavy atom. The van der Waals surface area contributed by atoms with Crippen molar-refractivity contribution in [2.75, 3.05) is 11.4 Å². The highest BCUT2D eigenvalue weighted by molar-refractivity contribution is 7.13. The highest BCUT2D eigenvalue weighted by atomic mass is 32.1. The number of aromatic nitrogens is 1. The molecule has 0 unspecified atom stereocenters. The van der Waals surface area contributed by atoms with Gasteiger partial charge < -0.3 is 10.0 Å². The molecular weight excluding hydrogens is 272 g/mol. The maximum atomic E-state index is 11.1. The fraction of sp³-hybridized carbons (Fsp3) is 0.333. The van der Waals surface area contributed by atoms with E-state index in [1.54, 1.807) is 6.92 Å². The van der Waals surface area contributed by atoms with Gasteiger partial charge in [0.1, 0.15) is 9.88 Å². The van der Waals surface area contributed by atoms with E-state index in [1.165, 1.54) is 22.6 Å². The second kappa shape index (κ2) is 5.25. The number of aryl methyl sites for hydroxylation is 2. The van der Waals surface area contributed by atoms with Crippen molar-refractivity contribution >= 4 is 23.0 Å². The lowest BCUT2D eigenvalue weighted by atomic mass is 10.0. The number of aromatic carboxylic acids is 1. The summed E-state index contributed by atoms with van der Waals surface area (Å²) < 4.78 is 0. The van der Waals surface area contributed by atoms with E-state index in [0.717, 1.165) is 24.4 Å². The molecule has 104 valence electrons. The van der Waals surface area contributed by atoms with E-state index in [9.17, 15) is 4.79 Å². The van der Waals surface area contributed by atoms with Crippen LogP contribution in [0.1, 0.15) is 32.4 Å². The molecule has 4 nitrogen and oxygen atoms in total. The van der Waals surface area contributed by atoms with Gasteiger partial charge in [-0.25, -0.2) is 9.78 Å². The number of hydrogen-bond acceptors (Lipinski definition) is 4. The van der Waals surface area contributed by atoms with E-state index >= 15 is 0 Å². The first-order valence-electron chi connectivity index (χ1n) is 6.67. The van der Waals surface area contributed by atoms with Gasteiger partial charge in [-0.15, -0.1) is 11.3 Å². The molecule has 0 saturated heterocycles. The monoisotopic (exact) mass is 288 g/mol. The Morgan fingerprint density at radius 3 is 3.00 bits per heavy atom. The van der Waals surface area contributed by atoms with Gasteiger partial charge in [-0.1, -0.05) is 18.2 Å². The molecule has 2 heterocycles. The van der Waals surface area contributed by atoms with Crippen LogP contribution >= 0.6 is 11.3 Å². The molecule has 1 aliphatic rings. The lowest BCUT2D eigenvalue weighted by molar-refractivity contribution is 0.0701. The van der Waals surface area contributed by atoms with Crippen molar-refractivity contribution < 1.29 is 9.90 Å². The fourth-order valence-electron chi connectivity index (χ4n) is 2.66. The van der Waals surface area contributed by atoms with Crippen LogP contribution in [0.5, 0.6) is 0 Å². The van der Waals surface area contributed by atoms with Crippen LogP contribution in [0, 0.1) is 6.92 Å². The number of carboxylic acids is 1. The number of rotatable bonds is 3. The summed E-state index contributed by atoms with van der Waals surface area (Å²) >= 11 is 1.28. The summed E-state index contributed by atoms with van der Waals surface area (Å²) in [5.74, 6) is -0.884. The maximum absolute atomic E-state index is 11.1. The predicted octanol–water partition coefficient (Wildman–Crippen LogP) is 3.10. The molecular formula is C15H16N2O2S. The second-order valence-electron chi connectivity index (χ2n) is 4.98. The quantitative estimate of drug-likeness (QED) is 0.943. The summed E-state index contributed by atoms with van der Waals surface area (Å²) in [5.41, 5.74) is 3.23. The average Bonchev–Trinajstić information content (AvgIpc) is 2.80. The van der Waals surface area contributed by atoms with E-state index < -0.39 is 5.97 Å². The highest BCUT2D eigenvalue weighted by Crippen LogP contribution is 2.29. The predicted molar refractivity (Wildman–Crippen MR) is 79.6 cm³/mol. The van der Waals surface area contributed by atoms with Crippen molar-refractivity contribution in [2.45, 2.75) is 26.3 Å². The largest absolute Gasteiger partial charge is 0.477 e. The van der Waals surface area contributed by atoms with Crippen LogP contribution in [0.25, 0.3) is 0 Å². The second-order valence-corrected chi connectivity index (χ2v) is 6.06. The Bertz CT molecular complexity index is 651. The summed E-state index contributed by atoms with van der Waals surface area (Å²) in [6.45, 7) is 3.45. The molecule has 0 aliphatic carbocycles. The number of fused-ring (bicyclic) bond motifs is 1. The molecule has 1 aromatic heterocycles. The van der Waals surface area contributed by atoms with Gasteiger partial charge >= 0.3 is 5.97 Å². The molecule has 3 rings (SSSR count). The van der Waals surface area contributed by atoms with Crippen molar-refractivity contribution in [1.29, 1.82) is 0 Å². The standard InChI is InChI=1S/C15H16N2O2S/c1-10-14(15(18)19)20-13(16-10)9-17-8-4-6-11-5-2-3-7-12(11)17/h2-3,5,7H,4,6,8-9H2,1H3,(H,18,19). The molecule has 0 saturated carbocycles. The van der Waals surface area contributed by atoms with Crippen molar-refractivity contribution in [3.05, 3.63) is 45.4 Å². The SMILES string of the molecule is Cc1nc(CN2CCCc3ccccc32)sc1C(=O)O. The first kappa shape index (κ1) is 13.1. The third kappa shape index (κ3) is 2.41. The molecule has 1 aliphatic heterocycles. The van der Waals surface area contributed by atoms with E-state index in [1.807, 2.05) is 6.07 Å². The first-order chi connectivity index (χ1) is 9.65. The van der Waals surface area contributed by atoms with Gasteiger partial charge in [0.25, 0.3) is 0 Å². The summed E-state index contributed by atoms with van der Waals surface area (Å²) in [6, 6.07) is 8.41. The van der Waals surface area contributed by atoms with Gasteiger partial charge in [0.2, 0.25) is 0 Å². The van der Waals surface area contributed by atoms with Gasteiger partial charge in [-0.05, 0) is 31.4 Å². The molecule has 20 heavy (non-hydrogen) atoms. The third-order valence-corrected chi connectivity index (χ3v) is 4.70. The topological polar surface area (TPSA) is 53.4 Å². The van der Waals surface area contributed by atoms with Crippen LogP contribution in [0.3, 0.4) is 0 Å². The Labute approximate surface area is 121 Å². The lowest BCUT2D eigenvalue weighted by Gasteiger charge is -2.30. The normalized spacial score (nSPS) is 14.2. The molecule has 0 bridgehead atoms. The zero-order valence-corrected chi connectivity index (χ0v) is 12.1. The minimum atomic E-state index is -0.884. The lowest BCUT2D eigenvalue weighted by Crippen LogP contribution is -2.28. The highest BCUT2D eigenvalue weighted by Gasteiger charge is 2.19. The van der Waals surface area contributed by atoms with Crippen LogP contribution < -0.4 is 4.90 Å². The van der Waals surface area contributed by atoms with E-state index in [4.69, 9.17) is 5.11 Å². The first-order valence-corrected chi connectivity index (χ1v) is 7.49. The summed E-state index contributed by atoms with van der Waals surface area (Å²) in [5, 5.41) is 9.97. The molecule has 0 amide bonds. The van der Waals surface area contributed by atoms with E-state index in [-0.39, 0.29) is 0 Å². The van der Waals surface area contributed by atoms with Crippen LogP contribution in [0.15, 0.2) is 24.3 Å². The molecule has 0 fully saturated rings. The van der Waals surface area contributed by atoms with Gasteiger partial charge in [0.05, 0.1) is 12.2 Å². The molecule has 0 spiro atoms. The fourth-order valence-corrected chi connectivity index (χ4v) is 3.58. The summed E-state index contributed by atoms with van der Waals surface area (Å²) in [7, 11) is 0. The maximum Gasteiger partial charge on any atom is 0.347 e. The Balaban J connectivity index is 1.86. The molecule has 0 atom stereocenters. The van der Waals surface area contributed by atoms with Crippen LogP contribution in [-0.4, -0.2) is 22.6 Å². The zero-order chi connectivity index (χ0) is 14.1. The molecule has 1 N–H and O–H groups in total. The van der Waals surface area contributed by atoms with Gasteiger partial charge in [-0.3, -0.25) is 0 Å². The van der Waals surface area contributed by atoms with Crippen LogP contribution in [-0.2, 0) is 13.0 Å². The molecule has 0 radical (unpaired) electrons. The number of thiazole rings is 1. The summed E-state index contributed by atoms with van der Waals surface area (Å²) in [4.78, 5) is 18.1. The van der Waals surface area contributed by atoms with Crippen molar-refractivity contribution in [2.24, 2.45) is 0 Å². The smallest absolute Gasteiger partial charge is 0.347 e. The Morgan fingerprint density at radius 2 is 2.25 bits per heavy atom. The molecule has 1 aromatic carbocycles. The number of para-hydroxylation sites is 1. The number of anilines is 1. The Kier molecular flexibility index (Phi) is 3.44. The third-order valence-electron chi connectivity index (χ3n) is 3.57. The zero-order valence-electron chi connectivity index (χ0n) is 11.3. The molecule has 5 heteroatoms. The number of nitrogens with zero attached hydrogens (tertiary/aromatic N) is 2. The number of benzene rings is 1. The number of carbonyl (C=O) groups is 1. The van der Waals surface area contributed by atoms with Gasteiger partial charge in [-0.2, -0.15) is 0 Å². The number of carboxylic acid groups (broad SMARTS) is 1. The summed E-state index contributed by atoms with van der Waals surface area (Å²) in [6.07, 6.45) is 2.25. The van der Waals surface area contributed by atoms with Gasteiger partial charge in [0.15, 0.2) is 0 Å². The Hall–Kier alpha value is -1.88. The van der Waals surface area contributed by atoms with Gasteiger partial charge in [0, 0.05) is 12.2 Å². The van der Waals surface area contributed by atoms with Crippen LogP contribution in [0.2, 0.25) is 0 Å². The van der Waals surface area contributed by atoms with E-state index in [0.29, 0.717) is 17.1 Å². The average molecular weight is 288 g/mol. The van der Waals surface area contributed by atoms with E-state index in [2.05, 4.69) is 28.1 Å².